The second-order valence-corrected chi connectivity index (χ2v) is 4.48. The van der Waals surface area contributed by atoms with Crippen molar-refractivity contribution < 1.29 is 14.4 Å². The number of methoxy groups -OCH3 is 1. The van der Waals surface area contributed by atoms with Gasteiger partial charge in [-0.1, -0.05) is 6.07 Å². The van der Waals surface area contributed by atoms with Gasteiger partial charge in [-0.2, -0.15) is 0 Å². The maximum atomic E-state index is 10.9. The molecule has 0 saturated carbocycles. The van der Waals surface area contributed by atoms with Gasteiger partial charge in [0.1, 0.15) is 5.75 Å². The number of aryl methyl sites for hydroxylation is 1. The number of nitro benzene ring substituents is 1. The summed E-state index contributed by atoms with van der Waals surface area (Å²) in [5, 5.41) is 13.8. The number of ether oxygens (including phenoxy) is 2. The van der Waals surface area contributed by atoms with Crippen molar-refractivity contribution in [3.05, 3.63) is 52.1 Å². The van der Waals surface area contributed by atoms with E-state index in [2.05, 4.69) is 5.32 Å². The van der Waals surface area contributed by atoms with E-state index < -0.39 is 4.92 Å². The van der Waals surface area contributed by atoms with Crippen LogP contribution in [0.5, 0.6) is 17.2 Å². The molecule has 6 heteroatoms. The average Bonchev–Trinajstić information content (AvgIpc) is 2.48. The number of non-ortho nitro benzene ring substituents is 1. The summed E-state index contributed by atoms with van der Waals surface area (Å²) in [6.45, 7) is 1.94. The molecule has 0 bridgehead atoms. The Hall–Kier alpha value is -2.76. The van der Waals surface area contributed by atoms with E-state index in [4.69, 9.17) is 9.47 Å². The molecule has 0 fully saturated rings. The molecule has 21 heavy (non-hydrogen) atoms. The van der Waals surface area contributed by atoms with Crippen molar-refractivity contribution in [2.45, 2.75) is 6.92 Å². The predicted octanol–water partition coefficient (Wildman–Crippen LogP) is 3.75. The van der Waals surface area contributed by atoms with Gasteiger partial charge in [0.15, 0.2) is 11.5 Å². The Morgan fingerprint density at radius 3 is 2.52 bits per heavy atom. The summed E-state index contributed by atoms with van der Waals surface area (Å²) >= 11 is 0. The minimum atomic E-state index is -0.458. The summed E-state index contributed by atoms with van der Waals surface area (Å²) in [6.07, 6.45) is 0. The summed E-state index contributed by atoms with van der Waals surface area (Å²) in [6, 6.07) is 10.00. The number of benzene rings is 2. The highest BCUT2D eigenvalue weighted by Crippen LogP contribution is 2.35. The summed E-state index contributed by atoms with van der Waals surface area (Å²) in [7, 11) is 3.24. The van der Waals surface area contributed by atoms with Crippen molar-refractivity contribution in [3.63, 3.8) is 0 Å². The largest absolute Gasteiger partial charge is 0.493 e. The van der Waals surface area contributed by atoms with E-state index in [1.807, 2.05) is 19.1 Å². The van der Waals surface area contributed by atoms with Gasteiger partial charge in [0.2, 0.25) is 0 Å². The van der Waals surface area contributed by atoms with Crippen molar-refractivity contribution in [1.29, 1.82) is 0 Å². The maximum absolute atomic E-state index is 10.9. The third-order valence-electron chi connectivity index (χ3n) is 2.94. The molecular weight excluding hydrogens is 272 g/mol. The molecule has 0 aromatic heterocycles. The number of anilines is 1. The number of hydrogen-bond acceptors (Lipinski definition) is 5. The lowest BCUT2D eigenvalue weighted by Crippen LogP contribution is -1.95. The highest BCUT2D eigenvalue weighted by molar-refractivity contribution is 5.57. The van der Waals surface area contributed by atoms with E-state index in [0.29, 0.717) is 22.9 Å². The summed E-state index contributed by atoms with van der Waals surface area (Å²) in [5.41, 5.74) is 1.60. The molecule has 6 nitrogen and oxygen atoms in total. The predicted molar refractivity (Wildman–Crippen MR) is 80.4 cm³/mol. The smallest absolute Gasteiger partial charge is 0.275 e. The Morgan fingerprint density at radius 2 is 1.90 bits per heavy atom. The van der Waals surface area contributed by atoms with E-state index in [0.717, 1.165) is 5.56 Å². The number of hydrogen-bond donors (Lipinski definition) is 1. The van der Waals surface area contributed by atoms with Gasteiger partial charge in [-0.15, -0.1) is 0 Å². The van der Waals surface area contributed by atoms with Gasteiger partial charge in [0.05, 0.1) is 18.1 Å². The third-order valence-corrected chi connectivity index (χ3v) is 2.94. The van der Waals surface area contributed by atoms with E-state index in [1.165, 1.54) is 12.1 Å². The van der Waals surface area contributed by atoms with Crippen molar-refractivity contribution in [1.82, 2.24) is 0 Å². The molecule has 0 atom stereocenters. The van der Waals surface area contributed by atoms with Crippen LogP contribution in [0.4, 0.5) is 11.4 Å². The van der Waals surface area contributed by atoms with Crippen LogP contribution in [0, 0.1) is 17.0 Å². The lowest BCUT2D eigenvalue weighted by atomic mass is 10.2. The quantitative estimate of drug-likeness (QED) is 0.670. The second-order valence-electron chi connectivity index (χ2n) is 4.48. The van der Waals surface area contributed by atoms with Gasteiger partial charge >= 0.3 is 0 Å². The van der Waals surface area contributed by atoms with Gasteiger partial charge < -0.3 is 14.8 Å². The van der Waals surface area contributed by atoms with Crippen LogP contribution in [-0.4, -0.2) is 19.1 Å². The first kappa shape index (κ1) is 14.6. The van der Waals surface area contributed by atoms with Crippen LogP contribution in [0.3, 0.4) is 0 Å². The van der Waals surface area contributed by atoms with Crippen LogP contribution in [0.2, 0.25) is 0 Å². The molecule has 0 aliphatic rings. The van der Waals surface area contributed by atoms with Gasteiger partial charge in [0, 0.05) is 24.9 Å². The molecule has 0 heterocycles. The fourth-order valence-electron chi connectivity index (χ4n) is 1.88. The Morgan fingerprint density at radius 1 is 1.14 bits per heavy atom. The number of nitrogens with zero attached hydrogens (tertiary/aromatic N) is 1. The lowest BCUT2D eigenvalue weighted by Gasteiger charge is -2.12. The van der Waals surface area contributed by atoms with Crippen molar-refractivity contribution in [2.24, 2.45) is 0 Å². The molecule has 0 aliphatic heterocycles. The fraction of sp³-hybridized carbons (Fsp3) is 0.200. The van der Waals surface area contributed by atoms with Crippen molar-refractivity contribution in [2.75, 3.05) is 19.5 Å². The van der Waals surface area contributed by atoms with E-state index in [-0.39, 0.29) is 5.69 Å². The second kappa shape index (κ2) is 6.13. The zero-order valence-corrected chi connectivity index (χ0v) is 12.0. The molecule has 0 spiro atoms. The molecular formula is C15H16N2O4. The monoisotopic (exact) mass is 288 g/mol. The first-order chi connectivity index (χ1) is 10.0. The minimum Gasteiger partial charge on any atom is -0.493 e. The fourth-order valence-corrected chi connectivity index (χ4v) is 1.88. The summed E-state index contributed by atoms with van der Waals surface area (Å²) < 4.78 is 11.0. The molecule has 2 rings (SSSR count). The first-order valence-corrected chi connectivity index (χ1v) is 6.33. The SMILES string of the molecule is CNc1cc(Oc2ccc(C)cc2OC)cc([N+](=O)[O-])c1. The van der Waals surface area contributed by atoms with Crippen LogP contribution >= 0.6 is 0 Å². The average molecular weight is 288 g/mol. The molecule has 110 valence electrons. The highest BCUT2D eigenvalue weighted by atomic mass is 16.6. The topological polar surface area (TPSA) is 73.6 Å². The van der Waals surface area contributed by atoms with Crippen LogP contribution in [0.25, 0.3) is 0 Å². The van der Waals surface area contributed by atoms with Gasteiger partial charge in [-0.05, 0) is 24.6 Å². The molecule has 0 radical (unpaired) electrons. The molecule has 0 amide bonds. The minimum absolute atomic E-state index is 0.0390. The van der Waals surface area contributed by atoms with Gasteiger partial charge in [0.25, 0.3) is 5.69 Å². The van der Waals surface area contributed by atoms with E-state index in [1.54, 1.807) is 26.3 Å². The Balaban J connectivity index is 2.39. The Bertz CT molecular complexity index is 671. The summed E-state index contributed by atoms with van der Waals surface area (Å²) in [5.74, 6) is 1.45. The van der Waals surface area contributed by atoms with E-state index >= 15 is 0 Å². The van der Waals surface area contributed by atoms with Crippen molar-refractivity contribution >= 4 is 11.4 Å². The third kappa shape index (κ3) is 3.42. The van der Waals surface area contributed by atoms with Crippen LogP contribution in [0.1, 0.15) is 5.56 Å². The normalized spacial score (nSPS) is 10.0. The molecule has 0 saturated heterocycles. The van der Waals surface area contributed by atoms with Crippen molar-refractivity contribution in [3.8, 4) is 17.2 Å². The molecule has 0 aliphatic carbocycles. The summed E-state index contributed by atoms with van der Waals surface area (Å²) in [4.78, 5) is 10.5. The van der Waals surface area contributed by atoms with Crippen LogP contribution in [-0.2, 0) is 0 Å². The number of nitro groups is 1. The maximum Gasteiger partial charge on any atom is 0.275 e. The molecule has 2 aromatic rings. The van der Waals surface area contributed by atoms with Crippen LogP contribution in [0.15, 0.2) is 36.4 Å². The van der Waals surface area contributed by atoms with Crippen LogP contribution < -0.4 is 14.8 Å². The highest BCUT2D eigenvalue weighted by Gasteiger charge is 2.12. The van der Waals surface area contributed by atoms with E-state index in [9.17, 15) is 10.1 Å². The zero-order valence-electron chi connectivity index (χ0n) is 12.0. The standard InChI is InChI=1S/C15H16N2O4/c1-10-4-5-14(15(6-10)20-3)21-13-8-11(16-2)7-12(9-13)17(18)19/h4-9,16H,1-3H3. The first-order valence-electron chi connectivity index (χ1n) is 6.33. The number of nitrogens with one attached hydrogen (secondary N) is 1. The molecule has 1 N–H and O–H groups in total. The molecule has 0 unspecified atom stereocenters. The number of rotatable bonds is 5. The van der Waals surface area contributed by atoms with Gasteiger partial charge in [-0.3, -0.25) is 10.1 Å². The lowest BCUT2D eigenvalue weighted by molar-refractivity contribution is -0.384. The molecule has 2 aromatic carbocycles. The zero-order chi connectivity index (χ0) is 15.4. The Kier molecular flexibility index (Phi) is 4.27. The Labute approximate surface area is 122 Å². The van der Waals surface area contributed by atoms with Gasteiger partial charge in [-0.25, -0.2) is 0 Å².